The van der Waals surface area contributed by atoms with Crippen LogP contribution in [-0.2, 0) is 9.84 Å². The minimum absolute atomic E-state index is 0.0375. The van der Waals surface area contributed by atoms with Gasteiger partial charge in [-0.3, -0.25) is 9.79 Å². The lowest BCUT2D eigenvalue weighted by Crippen LogP contribution is -2.32. The largest absolute Gasteiger partial charge is 0.322 e. The topological polar surface area (TPSA) is 75.6 Å². The van der Waals surface area contributed by atoms with E-state index in [0.29, 0.717) is 18.0 Å². The molecule has 1 N–H and O–H groups in total. The zero-order valence-electron chi connectivity index (χ0n) is 17.1. The minimum atomic E-state index is -3.40. The first-order valence-electron chi connectivity index (χ1n) is 9.72. The van der Waals surface area contributed by atoms with Crippen LogP contribution in [0.5, 0.6) is 0 Å². The van der Waals surface area contributed by atoms with E-state index < -0.39 is 20.6 Å². The Labute approximate surface area is 187 Å². The fourth-order valence-corrected chi connectivity index (χ4v) is 4.85. The predicted octanol–water partition coefficient (Wildman–Crippen LogP) is 5.07. The van der Waals surface area contributed by atoms with Crippen LogP contribution in [0.2, 0.25) is 5.02 Å². The Morgan fingerprint density at radius 1 is 1.37 bits per heavy atom. The van der Waals surface area contributed by atoms with Crippen LogP contribution in [0.3, 0.4) is 0 Å². The van der Waals surface area contributed by atoms with Gasteiger partial charge in [0.2, 0.25) is 0 Å². The van der Waals surface area contributed by atoms with E-state index in [1.54, 1.807) is 13.1 Å². The van der Waals surface area contributed by atoms with Crippen LogP contribution >= 0.6 is 23.2 Å². The van der Waals surface area contributed by atoms with Crippen molar-refractivity contribution in [1.29, 1.82) is 0 Å². The quantitative estimate of drug-likeness (QED) is 0.615. The molecule has 2 unspecified atom stereocenters. The second kappa shape index (κ2) is 8.69. The molecule has 30 heavy (non-hydrogen) atoms. The third kappa shape index (κ3) is 4.88. The van der Waals surface area contributed by atoms with Crippen molar-refractivity contribution in [3.8, 4) is 0 Å². The Morgan fingerprint density at radius 3 is 2.73 bits per heavy atom. The number of rotatable bonds is 5. The fourth-order valence-electron chi connectivity index (χ4n) is 3.37. The molecule has 2 aliphatic rings. The van der Waals surface area contributed by atoms with Crippen molar-refractivity contribution in [3.05, 3.63) is 64.5 Å². The number of alkyl halides is 1. The summed E-state index contributed by atoms with van der Waals surface area (Å²) in [6.07, 6.45) is 8.87. The monoisotopic (exact) mass is 466 g/mol. The summed E-state index contributed by atoms with van der Waals surface area (Å²) in [6, 6.07) is 4.14. The van der Waals surface area contributed by atoms with E-state index >= 15 is 0 Å². The SMILES string of the molecule is CCS(=O)(=O)c1ccc(C(=O)NC2=CCC(C)(Cl)C(C3=NC=CC(C)C3)=C2)c(Cl)c1. The Hall–Kier alpha value is -1.89. The zero-order chi connectivity index (χ0) is 22.1. The molecular formula is C22H24Cl2N2O3S. The lowest BCUT2D eigenvalue weighted by Gasteiger charge is -2.31. The molecule has 1 aromatic rings. The fraction of sp³-hybridized carbons (Fsp3) is 0.364. The number of carbonyl (C=O) groups excluding carboxylic acids is 1. The van der Waals surface area contributed by atoms with Gasteiger partial charge in [-0.05, 0) is 55.5 Å². The maximum Gasteiger partial charge on any atom is 0.257 e. The highest BCUT2D eigenvalue weighted by molar-refractivity contribution is 7.91. The van der Waals surface area contributed by atoms with E-state index in [1.165, 1.54) is 18.2 Å². The normalized spacial score (nSPS) is 24.0. The molecule has 0 fully saturated rings. The van der Waals surface area contributed by atoms with Crippen LogP contribution in [0, 0.1) is 5.92 Å². The van der Waals surface area contributed by atoms with Gasteiger partial charge in [0.15, 0.2) is 9.84 Å². The first-order chi connectivity index (χ1) is 14.0. The summed E-state index contributed by atoms with van der Waals surface area (Å²) < 4.78 is 24.0. The summed E-state index contributed by atoms with van der Waals surface area (Å²) >= 11 is 12.9. The van der Waals surface area contributed by atoms with Gasteiger partial charge in [-0.25, -0.2) is 8.42 Å². The van der Waals surface area contributed by atoms with Gasteiger partial charge >= 0.3 is 0 Å². The van der Waals surface area contributed by atoms with Crippen molar-refractivity contribution >= 4 is 44.7 Å². The molecule has 3 rings (SSSR count). The molecule has 2 atom stereocenters. The second-order valence-corrected chi connectivity index (χ2v) is 11.2. The second-order valence-electron chi connectivity index (χ2n) is 7.72. The highest BCUT2D eigenvalue weighted by atomic mass is 35.5. The summed E-state index contributed by atoms with van der Waals surface area (Å²) in [6.45, 7) is 5.61. The molecule has 0 aromatic heterocycles. The summed E-state index contributed by atoms with van der Waals surface area (Å²) in [5.74, 6) is -0.0876. The van der Waals surface area contributed by atoms with Gasteiger partial charge < -0.3 is 5.32 Å². The molecule has 0 spiro atoms. The summed E-state index contributed by atoms with van der Waals surface area (Å²) in [4.78, 5) is 16.8. The molecule has 1 heterocycles. The Bertz CT molecular complexity index is 1100. The van der Waals surface area contributed by atoms with E-state index in [0.717, 1.165) is 17.7 Å². The smallest absolute Gasteiger partial charge is 0.257 e. The first kappa shape index (κ1) is 22.8. The van der Waals surface area contributed by atoms with Gasteiger partial charge in [-0.2, -0.15) is 0 Å². The van der Waals surface area contributed by atoms with Crippen LogP contribution < -0.4 is 5.32 Å². The maximum atomic E-state index is 12.8. The van der Waals surface area contributed by atoms with Gasteiger partial charge in [0.1, 0.15) is 0 Å². The number of nitrogens with zero attached hydrogens (tertiary/aromatic N) is 1. The van der Waals surface area contributed by atoms with Crippen molar-refractivity contribution in [3.63, 3.8) is 0 Å². The Balaban J connectivity index is 1.84. The van der Waals surface area contributed by atoms with Crippen molar-refractivity contribution in [2.24, 2.45) is 10.9 Å². The van der Waals surface area contributed by atoms with E-state index in [2.05, 4.69) is 17.2 Å². The number of hydrogen-bond donors (Lipinski definition) is 1. The molecule has 0 saturated heterocycles. The molecule has 8 heteroatoms. The van der Waals surface area contributed by atoms with Crippen LogP contribution in [0.25, 0.3) is 0 Å². The zero-order valence-corrected chi connectivity index (χ0v) is 19.4. The van der Waals surface area contributed by atoms with E-state index in [9.17, 15) is 13.2 Å². The van der Waals surface area contributed by atoms with Crippen molar-refractivity contribution in [1.82, 2.24) is 5.32 Å². The number of sulfone groups is 1. The number of aliphatic imine (C=N–C) groups is 1. The molecular weight excluding hydrogens is 443 g/mol. The molecule has 1 aliphatic carbocycles. The molecule has 1 aliphatic heterocycles. The van der Waals surface area contributed by atoms with Crippen LogP contribution in [0.4, 0.5) is 0 Å². The molecule has 0 radical (unpaired) electrons. The molecule has 160 valence electrons. The third-order valence-corrected chi connectivity index (χ3v) is 7.62. The van der Waals surface area contributed by atoms with Gasteiger partial charge in [-0.15, -0.1) is 11.6 Å². The lowest BCUT2D eigenvalue weighted by molar-refractivity contribution is 0.0967. The molecule has 1 aromatic carbocycles. The van der Waals surface area contributed by atoms with Gasteiger partial charge in [0.05, 0.1) is 26.1 Å². The van der Waals surface area contributed by atoms with Gasteiger partial charge in [0.25, 0.3) is 5.91 Å². The van der Waals surface area contributed by atoms with Crippen molar-refractivity contribution in [2.75, 3.05) is 5.75 Å². The first-order valence-corrected chi connectivity index (χ1v) is 12.1. The summed E-state index contributed by atoms with van der Waals surface area (Å²) in [5, 5.41) is 2.93. The number of amides is 1. The van der Waals surface area contributed by atoms with Crippen LogP contribution in [0.1, 0.15) is 44.0 Å². The maximum absolute atomic E-state index is 12.8. The van der Waals surface area contributed by atoms with Gasteiger partial charge in [-0.1, -0.05) is 37.6 Å². The standard InChI is InChI=1S/C22H24Cl2N2O3S/c1-4-30(28,29)16-5-6-17(19(23)13-16)21(27)26-15-7-9-22(3,24)18(12-15)20-11-14(2)8-10-25-20/h5-8,10,12-14H,4,9,11H2,1-3H3,(H,26,27). The number of nitrogens with one attached hydrogen (secondary N) is 1. The number of hydrogen-bond acceptors (Lipinski definition) is 4. The van der Waals surface area contributed by atoms with Crippen LogP contribution in [0.15, 0.2) is 63.8 Å². The van der Waals surface area contributed by atoms with E-state index in [1.807, 2.05) is 25.2 Å². The highest BCUT2D eigenvalue weighted by Crippen LogP contribution is 2.36. The Kier molecular flexibility index (Phi) is 6.60. The summed E-state index contributed by atoms with van der Waals surface area (Å²) in [7, 11) is -3.40. The number of benzene rings is 1. The molecule has 5 nitrogen and oxygen atoms in total. The lowest BCUT2D eigenvalue weighted by atomic mass is 9.84. The molecule has 0 bridgehead atoms. The summed E-state index contributed by atoms with van der Waals surface area (Å²) in [5.41, 5.74) is 2.61. The predicted molar refractivity (Wildman–Crippen MR) is 122 cm³/mol. The van der Waals surface area contributed by atoms with Crippen molar-refractivity contribution in [2.45, 2.75) is 43.4 Å². The number of allylic oxidation sites excluding steroid dienone is 4. The van der Waals surface area contributed by atoms with E-state index in [4.69, 9.17) is 23.2 Å². The minimum Gasteiger partial charge on any atom is -0.322 e. The average molecular weight is 467 g/mol. The van der Waals surface area contributed by atoms with Crippen LogP contribution in [-0.4, -0.2) is 30.7 Å². The number of carbonyl (C=O) groups is 1. The molecule has 1 amide bonds. The average Bonchev–Trinajstić information content (AvgIpc) is 2.69. The molecule has 0 saturated carbocycles. The van der Waals surface area contributed by atoms with Crippen molar-refractivity contribution < 1.29 is 13.2 Å². The highest BCUT2D eigenvalue weighted by Gasteiger charge is 2.32. The van der Waals surface area contributed by atoms with E-state index in [-0.39, 0.29) is 21.2 Å². The third-order valence-electron chi connectivity index (χ3n) is 5.22. The Morgan fingerprint density at radius 2 is 2.10 bits per heavy atom. The van der Waals surface area contributed by atoms with Gasteiger partial charge in [0, 0.05) is 17.6 Å². The number of halogens is 2.